The average molecular weight is 327 g/mol. The predicted molar refractivity (Wildman–Crippen MR) is 92.4 cm³/mol. The molecule has 2 aromatic rings. The van der Waals surface area contributed by atoms with Crippen molar-refractivity contribution in [1.82, 2.24) is 0 Å². The van der Waals surface area contributed by atoms with E-state index >= 15 is 0 Å². The maximum absolute atomic E-state index is 12.2. The molecule has 0 aliphatic heterocycles. The lowest BCUT2D eigenvalue weighted by Crippen LogP contribution is -2.30. The Balaban J connectivity index is 2.03. The summed E-state index contributed by atoms with van der Waals surface area (Å²) < 4.78 is 10.4. The van der Waals surface area contributed by atoms with E-state index in [9.17, 15) is 9.59 Å². The number of amides is 1. The molecule has 2 rings (SSSR count). The van der Waals surface area contributed by atoms with Crippen LogP contribution in [0.5, 0.6) is 5.75 Å². The molecule has 0 aliphatic rings. The Morgan fingerprint density at radius 1 is 1.04 bits per heavy atom. The van der Waals surface area contributed by atoms with Gasteiger partial charge in [-0.3, -0.25) is 4.79 Å². The normalized spacial score (nSPS) is 11.5. The first-order valence-corrected chi connectivity index (χ1v) is 7.64. The lowest BCUT2D eigenvalue weighted by Gasteiger charge is -2.15. The maximum atomic E-state index is 12.2. The molecule has 126 valence electrons. The second kappa shape index (κ2) is 7.64. The third-order valence-electron chi connectivity index (χ3n) is 3.76. The molecule has 0 heterocycles. The summed E-state index contributed by atoms with van der Waals surface area (Å²) in [7, 11) is 1.52. The fourth-order valence-electron chi connectivity index (χ4n) is 2.13. The van der Waals surface area contributed by atoms with Crippen molar-refractivity contribution in [2.24, 2.45) is 0 Å². The number of methoxy groups -OCH3 is 1. The number of esters is 1. The summed E-state index contributed by atoms with van der Waals surface area (Å²) in [6, 6.07) is 12.3. The van der Waals surface area contributed by atoms with Gasteiger partial charge >= 0.3 is 5.97 Å². The van der Waals surface area contributed by atoms with Gasteiger partial charge in [-0.15, -0.1) is 0 Å². The van der Waals surface area contributed by atoms with Gasteiger partial charge in [-0.2, -0.15) is 0 Å². The van der Waals surface area contributed by atoms with E-state index in [1.165, 1.54) is 14.0 Å². The van der Waals surface area contributed by atoms with E-state index in [2.05, 4.69) is 5.32 Å². The van der Waals surface area contributed by atoms with Gasteiger partial charge in [0.05, 0.1) is 18.4 Å². The molecule has 1 atom stereocenters. The van der Waals surface area contributed by atoms with Crippen molar-refractivity contribution in [3.63, 3.8) is 0 Å². The molecule has 0 spiro atoms. The van der Waals surface area contributed by atoms with E-state index in [4.69, 9.17) is 9.47 Å². The zero-order chi connectivity index (χ0) is 17.7. The topological polar surface area (TPSA) is 64.6 Å². The van der Waals surface area contributed by atoms with Crippen LogP contribution in [0.4, 0.5) is 5.69 Å². The molecule has 5 heteroatoms. The van der Waals surface area contributed by atoms with Crippen molar-refractivity contribution < 1.29 is 19.1 Å². The lowest BCUT2D eigenvalue weighted by molar-refractivity contribution is -0.123. The monoisotopic (exact) mass is 327 g/mol. The molecule has 5 nitrogen and oxygen atoms in total. The van der Waals surface area contributed by atoms with Crippen molar-refractivity contribution in [2.75, 3.05) is 12.4 Å². The van der Waals surface area contributed by atoms with Gasteiger partial charge in [0.1, 0.15) is 5.75 Å². The Hall–Kier alpha value is -2.82. The Labute approximate surface area is 141 Å². The van der Waals surface area contributed by atoms with Crippen LogP contribution in [0.2, 0.25) is 0 Å². The minimum Gasteiger partial charge on any atom is -0.495 e. The van der Waals surface area contributed by atoms with Crippen LogP contribution in [-0.4, -0.2) is 25.1 Å². The van der Waals surface area contributed by atoms with E-state index in [-0.39, 0.29) is 0 Å². The number of para-hydroxylation sites is 2. The zero-order valence-corrected chi connectivity index (χ0v) is 14.3. The fourth-order valence-corrected chi connectivity index (χ4v) is 2.13. The van der Waals surface area contributed by atoms with E-state index in [1.807, 2.05) is 19.9 Å². The van der Waals surface area contributed by atoms with Crippen LogP contribution in [0.1, 0.15) is 28.4 Å². The van der Waals surface area contributed by atoms with Crippen molar-refractivity contribution in [2.45, 2.75) is 26.9 Å². The molecule has 1 N–H and O–H groups in total. The summed E-state index contributed by atoms with van der Waals surface area (Å²) in [5.74, 6) is -0.406. The number of hydrogen-bond acceptors (Lipinski definition) is 4. The minimum atomic E-state index is -0.927. The molecule has 2 aromatic carbocycles. The van der Waals surface area contributed by atoms with Gasteiger partial charge in [0.25, 0.3) is 5.91 Å². The van der Waals surface area contributed by atoms with Crippen LogP contribution < -0.4 is 10.1 Å². The first kappa shape index (κ1) is 17.5. The molecule has 0 aromatic heterocycles. The summed E-state index contributed by atoms with van der Waals surface area (Å²) >= 11 is 0. The van der Waals surface area contributed by atoms with Gasteiger partial charge in [-0.05, 0) is 56.2 Å². The lowest BCUT2D eigenvalue weighted by atomic mass is 10.1. The van der Waals surface area contributed by atoms with E-state index in [0.29, 0.717) is 17.0 Å². The van der Waals surface area contributed by atoms with Gasteiger partial charge < -0.3 is 14.8 Å². The highest BCUT2D eigenvalue weighted by atomic mass is 16.5. The molecule has 0 saturated carbocycles. The SMILES string of the molecule is COc1ccccc1NC(=O)[C@@H](C)OC(=O)c1ccc(C)c(C)c1. The smallest absolute Gasteiger partial charge is 0.338 e. The van der Waals surface area contributed by atoms with Gasteiger partial charge in [-0.25, -0.2) is 4.79 Å². The Bertz CT molecular complexity index is 755. The first-order chi connectivity index (χ1) is 11.4. The van der Waals surface area contributed by atoms with Gasteiger partial charge in [-0.1, -0.05) is 18.2 Å². The molecule has 0 aliphatic carbocycles. The van der Waals surface area contributed by atoms with Crippen molar-refractivity contribution in [3.05, 3.63) is 59.2 Å². The number of nitrogens with one attached hydrogen (secondary N) is 1. The van der Waals surface area contributed by atoms with Crippen LogP contribution in [0.3, 0.4) is 0 Å². The van der Waals surface area contributed by atoms with Gasteiger partial charge in [0.15, 0.2) is 6.10 Å². The number of hydrogen-bond donors (Lipinski definition) is 1. The van der Waals surface area contributed by atoms with Crippen LogP contribution in [0, 0.1) is 13.8 Å². The number of ether oxygens (including phenoxy) is 2. The third kappa shape index (κ3) is 4.13. The summed E-state index contributed by atoms with van der Waals surface area (Å²) in [6.45, 7) is 5.42. The molecule has 0 bridgehead atoms. The van der Waals surface area contributed by atoms with Crippen LogP contribution >= 0.6 is 0 Å². The number of carbonyl (C=O) groups is 2. The molecule has 0 saturated heterocycles. The maximum Gasteiger partial charge on any atom is 0.338 e. The third-order valence-corrected chi connectivity index (χ3v) is 3.76. The number of aryl methyl sites for hydroxylation is 2. The molecule has 1 amide bonds. The number of rotatable bonds is 5. The highest BCUT2D eigenvalue weighted by Gasteiger charge is 2.20. The minimum absolute atomic E-state index is 0.420. The highest BCUT2D eigenvalue weighted by Crippen LogP contribution is 2.23. The molecule has 0 unspecified atom stereocenters. The standard InChI is InChI=1S/C19H21NO4/c1-12-9-10-15(11-13(12)2)19(22)24-14(3)18(21)20-16-7-5-6-8-17(16)23-4/h5-11,14H,1-4H3,(H,20,21)/t14-/m1/s1. The summed E-state index contributed by atoms with van der Waals surface area (Å²) in [4.78, 5) is 24.4. The van der Waals surface area contributed by atoms with E-state index < -0.39 is 18.0 Å². The molecular formula is C19H21NO4. The number of anilines is 1. The average Bonchev–Trinajstić information content (AvgIpc) is 2.57. The van der Waals surface area contributed by atoms with Crippen LogP contribution in [0.15, 0.2) is 42.5 Å². The molecule has 0 fully saturated rings. The molecular weight excluding hydrogens is 306 g/mol. The molecule has 24 heavy (non-hydrogen) atoms. The number of carbonyl (C=O) groups excluding carboxylic acids is 2. The fraction of sp³-hybridized carbons (Fsp3) is 0.263. The Morgan fingerprint density at radius 2 is 1.75 bits per heavy atom. The van der Waals surface area contributed by atoms with Crippen molar-refractivity contribution >= 4 is 17.6 Å². The zero-order valence-electron chi connectivity index (χ0n) is 14.3. The van der Waals surface area contributed by atoms with E-state index in [0.717, 1.165) is 11.1 Å². The number of benzene rings is 2. The Kier molecular flexibility index (Phi) is 5.58. The first-order valence-electron chi connectivity index (χ1n) is 7.64. The van der Waals surface area contributed by atoms with E-state index in [1.54, 1.807) is 36.4 Å². The molecule has 0 radical (unpaired) electrons. The highest BCUT2D eigenvalue weighted by molar-refractivity contribution is 5.98. The van der Waals surface area contributed by atoms with Gasteiger partial charge in [0.2, 0.25) is 0 Å². The largest absolute Gasteiger partial charge is 0.495 e. The van der Waals surface area contributed by atoms with Crippen LogP contribution in [0.25, 0.3) is 0 Å². The second-order valence-electron chi connectivity index (χ2n) is 5.54. The summed E-state index contributed by atoms with van der Waals surface area (Å²) in [6.07, 6.45) is -0.927. The predicted octanol–water partition coefficient (Wildman–Crippen LogP) is 3.50. The Morgan fingerprint density at radius 3 is 2.42 bits per heavy atom. The summed E-state index contributed by atoms with van der Waals surface area (Å²) in [5.41, 5.74) is 3.04. The van der Waals surface area contributed by atoms with Crippen molar-refractivity contribution in [3.8, 4) is 5.75 Å². The second-order valence-corrected chi connectivity index (χ2v) is 5.54. The summed E-state index contributed by atoms with van der Waals surface area (Å²) in [5, 5.41) is 2.70. The van der Waals surface area contributed by atoms with Crippen LogP contribution in [-0.2, 0) is 9.53 Å². The quantitative estimate of drug-likeness (QED) is 0.854. The van der Waals surface area contributed by atoms with Gasteiger partial charge in [0, 0.05) is 0 Å². The van der Waals surface area contributed by atoms with Crippen molar-refractivity contribution in [1.29, 1.82) is 0 Å².